The van der Waals surface area contributed by atoms with Crippen LogP contribution in [0.3, 0.4) is 0 Å². The monoisotopic (exact) mass is 466 g/mol. The zero-order valence-electron chi connectivity index (χ0n) is 14.7. The van der Waals surface area contributed by atoms with Crippen LogP contribution in [0.4, 0.5) is 24.5 Å². The molecule has 0 bridgehead atoms. The number of carbonyl (C=O) groups excluding carboxylic acids is 2. The summed E-state index contributed by atoms with van der Waals surface area (Å²) in [6.07, 6.45) is -4.51. The Labute approximate surface area is 172 Å². The van der Waals surface area contributed by atoms with Crippen molar-refractivity contribution in [3.05, 3.63) is 82.2 Å². The van der Waals surface area contributed by atoms with Gasteiger partial charge in [-0.25, -0.2) is 0 Å². The fraction of sp³-hybridized carbons (Fsp3) is 0.100. The number of hydrogen-bond acceptors (Lipinski definition) is 3. The van der Waals surface area contributed by atoms with Crippen molar-refractivity contribution < 1.29 is 27.2 Å². The fourth-order valence-electron chi connectivity index (χ4n) is 2.50. The van der Waals surface area contributed by atoms with Gasteiger partial charge in [-0.2, -0.15) is 13.2 Å². The molecule has 2 amide bonds. The maximum atomic E-state index is 12.7. The third kappa shape index (κ3) is 5.71. The van der Waals surface area contributed by atoms with E-state index in [1.165, 1.54) is 18.2 Å². The Morgan fingerprint density at radius 3 is 2.28 bits per heavy atom. The standard InChI is InChI=1S/C20H14BrF3N2O3/c21-17-9-8-16(29-17)19(28)26-14-6-4-12(5-7-14)10-18(27)25-15-3-1-2-13(11-15)20(22,23)24/h1-9,11H,10H2,(H,25,27)(H,26,28). The third-order valence-corrected chi connectivity index (χ3v) is 4.27. The van der Waals surface area contributed by atoms with Crippen LogP contribution >= 0.6 is 15.9 Å². The van der Waals surface area contributed by atoms with Crippen LogP contribution in [0.2, 0.25) is 0 Å². The maximum Gasteiger partial charge on any atom is 0.416 e. The van der Waals surface area contributed by atoms with Crippen LogP contribution in [0, 0.1) is 0 Å². The molecule has 0 aliphatic carbocycles. The van der Waals surface area contributed by atoms with Crippen molar-refractivity contribution in [3.63, 3.8) is 0 Å². The summed E-state index contributed by atoms with van der Waals surface area (Å²) in [5.74, 6) is -0.742. The van der Waals surface area contributed by atoms with Crippen molar-refractivity contribution in [3.8, 4) is 0 Å². The Morgan fingerprint density at radius 1 is 0.931 bits per heavy atom. The van der Waals surface area contributed by atoms with Gasteiger partial charge in [0.25, 0.3) is 5.91 Å². The number of hydrogen-bond donors (Lipinski definition) is 2. The summed E-state index contributed by atoms with van der Waals surface area (Å²) in [4.78, 5) is 24.1. The van der Waals surface area contributed by atoms with Gasteiger partial charge in [0.15, 0.2) is 10.4 Å². The second-order valence-electron chi connectivity index (χ2n) is 6.06. The predicted octanol–water partition coefficient (Wildman–Crippen LogP) is 5.49. The van der Waals surface area contributed by atoms with Crippen LogP contribution in [-0.4, -0.2) is 11.8 Å². The molecule has 0 unspecified atom stereocenters. The minimum absolute atomic E-state index is 0.0321. The number of furan rings is 1. The van der Waals surface area contributed by atoms with E-state index in [0.717, 1.165) is 12.1 Å². The van der Waals surface area contributed by atoms with Gasteiger partial charge < -0.3 is 15.1 Å². The summed E-state index contributed by atoms with van der Waals surface area (Å²) in [7, 11) is 0. The molecular weight excluding hydrogens is 453 g/mol. The van der Waals surface area contributed by atoms with Gasteiger partial charge in [0.2, 0.25) is 5.91 Å². The molecule has 0 aliphatic rings. The molecule has 0 spiro atoms. The normalized spacial score (nSPS) is 11.2. The van der Waals surface area contributed by atoms with Crippen LogP contribution < -0.4 is 10.6 Å². The van der Waals surface area contributed by atoms with E-state index < -0.39 is 23.6 Å². The molecule has 1 aromatic heterocycles. The van der Waals surface area contributed by atoms with Gasteiger partial charge in [0.1, 0.15) is 0 Å². The van der Waals surface area contributed by atoms with Gasteiger partial charge >= 0.3 is 6.18 Å². The SMILES string of the molecule is O=C(Cc1ccc(NC(=O)c2ccc(Br)o2)cc1)Nc1cccc(C(F)(F)F)c1. The molecular formula is C20H14BrF3N2O3. The molecule has 5 nitrogen and oxygen atoms in total. The lowest BCUT2D eigenvalue weighted by molar-refractivity contribution is -0.137. The van der Waals surface area contributed by atoms with Gasteiger partial charge in [-0.05, 0) is 64.0 Å². The second-order valence-corrected chi connectivity index (χ2v) is 6.84. The topological polar surface area (TPSA) is 71.3 Å². The first-order valence-corrected chi connectivity index (χ1v) is 9.13. The maximum absolute atomic E-state index is 12.7. The van der Waals surface area contributed by atoms with Gasteiger partial charge in [0.05, 0.1) is 12.0 Å². The summed E-state index contributed by atoms with van der Waals surface area (Å²) in [5.41, 5.74) is 0.370. The molecule has 0 atom stereocenters. The molecule has 2 aromatic carbocycles. The molecule has 0 aliphatic heterocycles. The zero-order chi connectivity index (χ0) is 21.0. The highest BCUT2D eigenvalue weighted by atomic mass is 79.9. The number of amides is 2. The zero-order valence-corrected chi connectivity index (χ0v) is 16.3. The molecule has 1 heterocycles. The molecule has 0 saturated carbocycles. The predicted molar refractivity (Wildman–Crippen MR) is 105 cm³/mol. The quantitative estimate of drug-likeness (QED) is 0.521. The Morgan fingerprint density at radius 2 is 1.66 bits per heavy atom. The molecule has 9 heteroatoms. The first-order valence-electron chi connectivity index (χ1n) is 8.33. The minimum atomic E-state index is -4.48. The van der Waals surface area contributed by atoms with Crippen LogP contribution in [-0.2, 0) is 17.4 Å². The largest absolute Gasteiger partial charge is 0.444 e. The molecule has 3 rings (SSSR count). The molecule has 2 N–H and O–H groups in total. The first kappa shape index (κ1) is 20.7. The van der Waals surface area contributed by atoms with Crippen molar-refractivity contribution in [2.75, 3.05) is 10.6 Å². The lowest BCUT2D eigenvalue weighted by Crippen LogP contribution is -2.15. The molecule has 3 aromatic rings. The highest BCUT2D eigenvalue weighted by Crippen LogP contribution is 2.30. The number of carbonyl (C=O) groups is 2. The Kier molecular flexibility index (Phi) is 6.07. The molecule has 0 saturated heterocycles. The van der Waals surface area contributed by atoms with Gasteiger partial charge in [-0.15, -0.1) is 0 Å². The van der Waals surface area contributed by atoms with Crippen molar-refractivity contribution >= 4 is 39.1 Å². The van der Waals surface area contributed by atoms with Crippen molar-refractivity contribution in [2.24, 2.45) is 0 Å². The number of rotatable bonds is 5. The molecule has 150 valence electrons. The highest BCUT2D eigenvalue weighted by molar-refractivity contribution is 9.10. The van der Waals surface area contributed by atoms with E-state index in [2.05, 4.69) is 26.6 Å². The van der Waals surface area contributed by atoms with E-state index in [4.69, 9.17) is 4.42 Å². The van der Waals surface area contributed by atoms with E-state index in [-0.39, 0.29) is 17.9 Å². The van der Waals surface area contributed by atoms with E-state index in [9.17, 15) is 22.8 Å². The molecule has 29 heavy (non-hydrogen) atoms. The van der Waals surface area contributed by atoms with Gasteiger partial charge in [0, 0.05) is 11.4 Å². The number of anilines is 2. The van der Waals surface area contributed by atoms with E-state index >= 15 is 0 Å². The van der Waals surface area contributed by atoms with Crippen molar-refractivity contribution in [2.45, 2.75) is 12.6 Å². The van der Waals surface area contributed by atoms with E-state index in [1.807, 2.05) is 0 Å². The van der Waals surface area contributed by atoms with E-state index in [1.54, 1.807) is 30.3 Å². The minimum Gasteiger partial charge on any atom is -0.444 e. The van der Waals surface area contributed by atoms with Crippen LogP contribution in [0.25, 0.3) is 0 Å². The number of nitrogens with one attached hydrogen (secondary N) is 2. The first-order chi connectivity index (χ1) is 13.7. The Balaban J connectivity index is 1.58. The molecule has 0 fully saturated rings. The second kappa shape index (κ2) is 8.52. The van der Waals surface area contributed by atoms with Crippen LogP contribution in [0.1, 0.15) is 21.7 Å². The number of benzene rings is 2. The smallest absolute Gasteiger partial charge is 0.416 e. The van der Waals surface area contributed by atoms with Crippen LogP contribution in [0.5, 0.6) is 0 Å². The summed E-state index contributed by atoms with van der Waals surface area (Å²) < 4.78 is 43.8. The summed E-state index contributed by atoms with van der Waals surface area (Å²) >= 11 is 3.12. The average molecular weight is 467 g/mol. The summed E-state index contributed by atoms with van der Waals surface area (Å²) in [5, 5.41) is 5.10. The summed E-state index contributed by atoms with van der Waals surface area (Å²) in [6, 6.07) is 14.1. The fourth-order valence-corrected chi connectivity index (χ4v) is 2.81. The Hall–Kier alpha value is -3.07. The average Bonchev–Trinajstić information content (AvgIpc) is 3.09. The molecule has 0 radical (unpaired) electrons. The van der Waals surface area contributed by atoms with Crippen molar-refractivity contribution in [1.29, 1.82) is 0 Å². The lowest BCUT2D eigenvalue weighted by atomic mass is 10.1. The van der Waals surface area contributed by atoms with Gasteiger partial charge in [-0.1, -0.05) is 18.2 Å². The van der Waals surface area contributed by atoms with Gasteiger partial charge in [-0.3, -0.25) is 9.59 Å². The summed E-state index contributed by atoms with van der Waals surface area (Å²) in [6.45, 7) is 0. The Bertz CT molecular complexity index is 1030. The van der Waals surface area contributed by atoms with E-state index in [0.29, 0.717) is 15.9 Å². The third-order valence-electron chi connectivity index (χ3n) is 3.85. The highest BCUT2D eigenvalue weighted by Gasteiger charge is 2.30. The van der Waals surface area contributed by atoms with Crippen molar-refractivity contribution in [1.82, 2.24) is 0 Å². The lowest BCUT2D eigenvalue weighted by Gasteiger charge is -2.10. The number of alkyl halides is 3. The number of halogens is 4. The van der Waals surface area contributed by atoms with Crippen LogP contribution in [0.15, 0.2) is 69.8 Å².